The molecule has 0 aromatic rings. The quantitative estimate of drug-likeness (QED) is 0.202. The Balaban J connectivity index is 0.000000651. The molecule has 0 aliphatic heterocycles. The molecule has 5 fully saturated rings. The van der Waals surface area contributed by atoms with Crippen LogP contribution in [0.2, 0.25) is 0 Å². The fourth-order valence-corrected chi connectivity index (χ4v) is 6.56. The van der Waals surface area contributed by atoms with E-state index in [9.17, 15) is 28.8 Å². The maximum Gasteiger partial charge on any atom is 0.339 e. The number of carbonyl (C=O) groups excluding carboxylic acids is 5. The minimum atomic E-state index is -0.965. The predicted molar refractivity (Wildman–Crippen MR) is 194 cm³/mol. The molecule has 0 heterocycles. The molecule has 16 heteroatoms. The van der Waals surface area contributed by atoms with Crippen LogP contribution < -0.4 is 0 Å². The van der Waals surface area contributed by atoms with Crippen LogP contribution in [0, 0.1) is 17.8 Å². The lowest BCUT2D eigenvalue weighted by molar-refractivity contribution is -0.194. The fourth-order valence-electron chi connectivity index (χ4n) is 6.56. The maximum atomic E-state index is 11.4. The number of carboxylic acids is 1. The molecule has 0 aromatic heterocycles. The van der Waals surface area contributed by atoms with Crippen LogP contribution in [0.15, 0.2) is 0 Å². The van der Waals surface area contributed by atoms with E-state index in [2.05, 4.69) is 13.8 Å². The van der Waals surface area contributed by atoms with Gasteiger partial charge in [0.05, 0.1) is 25.9 Å². The van der Waals surface area contributed by atoms with Crippen LogP contribution in [0.1, 0.15) is 106 Å². The van der Waals surface area contributed by atoms with E-state index in [0.717, 1.165) is 32.8 Å². The molecule has 5 rings (SSSR count). The second kappa shape index (κ2) is 23.8. The molecule has 5 aliphatic rings. The average molecular weight is 779 g/mol. The van der Waals surface area contributed by atoms with Crippen molar-refractivity contribution in [3.8, 4) is 0 Å². The van der Waals surface area contributed by atoms with E-state index in [0.29, 0.717) is 69.0 Å². The van der Waals surface area contributed by atoms with Crippen molar-refractivity contribution in [2.45, 2.75) is 134 Å². The molecule has 16 nitrogen and oxygen atoms in total. The van der Waals surface area contributed by atoms with Gasteiger partial charge >= 0.3 is 23.9 Å². The zero-order valence-corrected chi connectivity index (χ0v) is 34.2. The summed E-state index contributed by atoms with van der Waals surface area (Å²) >= 11 is 0. The number of aliphatic hydroxyl groups excluding tert-OH is 2. The molecule has 0 aromatic carbocycles. The number of hydrogen-bond acceptors (Lipinski definition) is 15. The summed E-state index contributed by atoms with van der Waals surface area (Å²) in [5.74, 6) is 0.430. The number of carboxylic acid groups (broad SMARTS) is 1. The van der Waals surface area contributed by atoms with Crippen LogP contribution in [0.25, 0.3) is 0 Å². The monoisotopic (exact) mass is 778 g/mol. The smallest absolute Gasteiger partial charge is 0.339 e. The van der Waals surface area contributed by atoms with E-state index in [1.165, 1.54) is 21.3 Å². The molecule has 0 spiro atoms. The highest BCUT2D eigenvalue weighted by Crippen LogP contribution is 2.41. The number of hydrogen-bond donors (Lipinski definition) is 3. The van der Waals surface area contributed by atoms with Crippen LogP contribution in [0.5, 0.6) is 0 Å². The first kappa shape index (κ1) is 51.0. The van der Waals surface area contributed by atoms with Gasteiger partial charge in [0, 0.05) is 74.1 Å². The number of ketones is 2. The Morgan fingerprint density at radius 1 is 0.556 bits per heavy atom. The van der Waals surface area contributed by atoms with Gasteiger partial charge in [-0.15, -0.1) is 0 Å². The Morgan fingerprint density at radius 2 is 0.870 bits per heavy atom. The minimum absolute atomic E-state index is 0.0462. The number of Topliss-reactive ketones (excluding diaryl/α,β-unsaturated/α-hetero) is 2. The molecule has 54 heavy (non-hydrogen) atoms. The van der Waals surface area contributed by atoms with Crippen LogP contribution in [-0.4, -0.2) is 135 Å². The number of aliphatic hydroxyl groups is 2. The second-order valence-electron chi connectivity index (χ2n) is 14.3. The summed E-state index contributed by atoms with van der Waals surface area (Å²) in [5.41, 5.74) is -3.29. The molecular formula is C38H66O16. The summed E-state index contributed by atoms with van der Waals surface area (Å²) < 4.78 is 34.6. The van der Waals surface area contributed by atoms with Gasteiger partial charge < -0.3 is 48.5 Å². The Hall–Kier alpha value is -3.02. The highest BCUT2D eigenvalue weighted by Gasteiger charge is 2.53. The number of methoxy groups -OCH3 is 4. The molecule has 0 bridgehead atoms. The third-order valence-corrected chi connectivity index (χ3v) is 9.86. The van der Waals surface area contributed by atoms with Crippen molar-refractivity contribution in [3.63, 3.8) is 0 Å². The Kier molecular flexibility index (Phi) is 22.5. The van der Waals surface area contributed by atoms with E-state index in [4.69, 9.17) is 48.5 Å². The Labute approximate surface area is 319 Å². The molecule has 0 unspecified atom stereocenters. The topological polar surface area (TPSA) is 228 Å². The van der Waals surface area contributed by atoms with E-state index < -0.39 is 40.4 Å². The van der Waals surface area contributed by atoms with Gasteiger partial charge in [-0.2, -0.15) is 0 Å². The van der Waals surface area contributed by atoms with Gasteiger partial charge in [0.1, 0.15) is 11.6 Å². The van der Waals surface area contributed by atoms with Crippen molar-refractivity contribution in [1.29, 1.82) is 0 Å². The van der Waals surface area contributed by atoms with E-state index >= 15 is 0 Å². The molecule has 3 N–H and O–H groups in total. The Morgan fingerprint density at radius 3 is 1.06 bits per heavy atom. The molecule has 314 valence electrons. The largest absolute Gasteiger partial charge is 0.479 e. The molecule has 0 radical (unpaired) electrons. The standard InChI is InChI=1S/C9H16O3.C8H14O4.C8H12O4.C7H12O3.C5H8O.CH4O/c1-4-12-8(10)9(11-3)5-7(2)6-9;2*1-3-12-7(10)8(11-2)4-6(9)5-8;1-5-3-7(4-5,10-2)6(8)9;1-4-2-5(6)3-4;1-2/h7H,4-6H2,1-3H3;6,9H,3-5H2,1-2H3;3-5H2,1-2H3;5H,3-4H2,1-2H3,(H,8,9);4H,2-3H2,1H3;2H,1H3. The number of ether oxygens (including phenoxy) is 7. The van der Waals surface area contributed by atoms with Gasteiger partial charge in [0.2, 0.25) is 0 Å². The summed E-state index contributed by atoms with van der Waals surface area (Å²) in [6.07, 6.45) is 5.15. The van der Waals surface area contributed by atoms with Gasteiger partial charge in [-0.3, -0.25) is 9.59 Å². The van der Waals surface area contributed by atoms with Crippen LogP contribution in [0.3, 0.4) is 0 Å². The lowest BCUT2D eigenvalue weighted by atomic mass is 9.72. The lowest BCUT2D eigenvalue weighted by Crippen LogP contribution is -2.55. The molecule has 5 aliphatic carbocycles. The van der Waals surface area contributed by atoms with Gasteiger partial charge in [-0.1, -0.05) is 20.8 Å². The summed E-state index contributed by atoms with van der Waals surface area (Å²) in [7, 11) is 6.91. The number of rotatable bonds is 11. The van der Waals surface area contributed by atoms with E-state index in [1.807, 2.05) is 13.8 Å². The summed E-state index contributed by atoms with van der Waals surface area (Å²) in [5, 5.41) is 24.7. The molecule has 0 saturated heterocycles. The molecule has 0 atom stereocenters. The van der Waals surface area contributed by atoms with Crippen molar-refractivity contribution in [2.75, 3.05) is 55.4 Å². The molecular weight excluding hydrogens is 712 g/mol. The molecule has 0 amide bonds. The lowest BCUT2D eigenvalue weighted by Gasteiger charge is -2.42. The summed E-state index contributed by atoms with van der Waals surface area (Å²) in [4.78, 5) is 65.2. The first-order valence-electron chi connectivity index (χ1n) is 18.4. The average Bonchev–Trinajstić information content (AvgIpc) is 3.07. The summed E-state index contributed by atoms with van der Waals surface area (Å²) in [6.45, 7) is 12.6. The van der Waals surface area contributed by atoms with Crippen LogP contribution in [-0.2, 0) is 61.9 Å². The fraction of sp³-hybridized carbons (Fsp3) is 0.842. The van der Waals surface area contributed by atoms with E-state index in [-0.39, 0.29) is 30.6 Å². The normalized spacial score (nSPS) is 29.5. The second-order valence-corrected chi connectivity index (χ2v) is 14.3. The first-order chi connectivity index (χ1) is 25.3. The first-order valence-corrected chi connectivity index (χ1v) is 18.4. The van der Waals surface area contributed by atoms with Crippen LogP contribution in [0.4, 0.5) is 0 Å². The number of esters is 3. The van der Waals surface area contributed by atoms with Gasteiger partial charge in [0.15, 0.2) is 22.4 Å². The predicted octanol–water partition coefficient (Wildman–Crippen LogP) is 3.23. The zero-order chi connectivity index (χ0) is 41.9. The maximum absolute atomic E-state index is 11.4. The van der Waals surface area contributed by atoms with Crippen molar-refractivity contribution in [1.82, 2.24) is 0 Å². The minimum Gasteiger partial charge on any atom is -0.479 e. The SMILES string of the molecule is CC1CC(=O)C1.CCOC(=O)C1(OC)CC(=O)C1.CCOC(=O)C1(OC)CC(C)C1.CCOC(=O)C1(OC)CC(O)C1.CO.COC1(C(=O)O)CC(C)C1. The highest BCUT2D eigenvalue weighted by atomic mass is 16.6. The number of aliphatic carboxylic acids is 1. The van der Waals surface area contributed by atoms with Gasteiger partial charge in [-0.05, 0) is 64.2 Å². The van der Waals surface area contributed by atoms with Crippen molar-refractivity contribution >= 4 is 35.4 Å². The van der Waals surface area contributed by atoms with Gasteiger partial charge in [0.25, 0.3) is 0 Å². The van der Waals surface area contributed by atoms with Crippen LogP contribution >= 0.6 is 0 Å². The molecule has 5 saturated carbocycles. The van der Waals surface area contributed by atoms with Crippen molar-refractivity contribution < 1.29 is 77.2 Å². The van der Waals surface area contributed by atoms with E-state index in [1.54, 1.807) is 21.0 Å². The van der Waals surface area contributed by atoms with Gasteiger partial charge in [-0.25, -0.2) is 19.2 Å². The number of carbonyl (C=O) groups is 6. The Bertz CT molecular complexity index is 1140. The zero-order valence-electron chi connectivity index (χ0n) is 34.2. The van der Waals surface area contributed by atoms with Crippen molar-refractivity contribution in [2.24, 2.45) is 17.8 Å². The van der Waals surface area contributed by atoms with Crippen molar-refractivity contribution in [3.05, 3.63) is 0 Å². The third kappa shape index (κ3) is 13.9. The highest BCUT2D eigenvalue weighted by molar-refractivity contribution is 6.00. The third-order valence-electron chi connectivity index (χ3n) is 9.86. The summed E-state index contributed by atoms with van der Waals surface area (Å²) in [6, 6.07) is 0.